The van der Waals surface area contributed by atoms with Gasteiger partial charge in [0.1, 0.15) is 19.8 Å². The van der Waals surface area contributed by atoms with Gasteiger partial charge in [0.15, 0.2) is 11.5 Å². The minimum absolute atomic E-state index is 0.0875. The average Bonchev–Trinajstić information content (AvgIpc) is 3.30. The van der Waals surface area contributed by atoms with Crippen molar-refractivity contribution in [3.8, 4) is 11.5 Å². The Morgan fingerprint density at radius 1 is 1.03 bits per heavy atom. The summed E-state index contributed by atoms with van der Waals surface area (Å²) >= 11 is 1.50. The number of carbonyl (C=O) groups is 4. The number of benzene rings is 1. The Bertz CT molecular complexity index is 974. The van der Waals surface area contributed by atoms with Crippen LogP contribution in [0.3, 0.4) is 0 Å². The summed E-state index contributed by atoms with van der Waals surface area (Å²) in [6, 6.07) is 7.85. The van der Waals surface area contributed by atoms with Crippen LogP contribution in [0.5, 0.6) is 11.5 Å². The molecule has 10 heteroatoms. The smallest absolute Gasteiger partial charge is 0.334 e. The van der Waals surface area contributed by atoms with Crippen LogP contribution in [-0.4, -0.2) is 59.9 Å². The number of thiophene rings is 1. The zero-order chi connectivity index (χ0) is 20.4. The second-order valence-corrected chi connectivity index (χ2v) is 7.40. The van der Waals surface area contributed by atoms with E-state index in [9.17, 15) is 19.2 Å². The highest BCUT2D eigenvalue weighted by Crippen LogP contribution is 2.32. The van der Waals surface area contributed by atoms with Gasteiger partial charge in [-0.05, 0) is 23.6 Å². The van der Waals surface area contributed by atoms with Gasteiger partial charge in [-0.3, -0.25) is 19.3 Å². The molecule has 1 saturated heterocycles. The van der Waals surface area contributed by atoms with Crippen LogP contribution in [-0.2, 0) is 20.8 Å². The zero-order valence-corrected chi connectivity index (χ0v) is 16.1. The van der Waals surface area contributed by atoms with E-state index in [4.69, 9.17) is 9.47 Å². The lowest BCUT2D eigenvalue weighted by atomic mass is 10.2. The number of imide groups is 2. The molecule has 2 aromatic rings. The molecule has 0 radical (unpaired) electrons. The number of carbonyl (C=O) groups excluding carboxylic acids is 4. The predicted octanol–water partition coefficient (Wildman–Crippen LogP) is 1.49. The second-order valence-electron chi connectivity index (χ2n) is 6.37. The van der Waals surface area contributed by atoms with Gasteiger partial charge >= 0.3 is 17.8 Å². The van der Waals surface area contributed by atoms with Gasteiger partial charge in [0, 0.05) is 29.6 Å². The molecule has 3 heterocycles. The Kier molecular flexibility index (Phi) is 5.17. The number of anilines is 1. The molecule has 0 atom stereocenters. The molecule has 0 bridgehead atoms. The monoisotopic (exact) mass is 415 g/mol. The number of urea groups is 1. The predicted molar refractivity (Wildman–Crippen MR) is 103 cm³/mol. The number of hydrogen-bond acceptors (Lipinski definition) is 7. The van der Waals surface area contributed by atoms with Crippen molar-refractivity contribution in [3.05, 3.63) is 40.6 Å². The fourth-order valence-corrected chi connectivity index (χ4v) is 3.73. The van der Waals surface area contributed by atoms with Crippen molar-refractivity contribution in [1.82, 2.24) is 9.80 Å². The highest BCUT2D eigenvalue weighted by molar-refractivity contribution is 7.09. The Morgan fingerprint density at radius 3 is 2.55 bits per heavy atom. The summed E-state index contributed by atoms with van der Waals surface area (Å²) < 4.78 is 10.9. The Labute approximate surface area is 169 Å². The fraction of sp³-hybridized carbons (Fsp3) is 0.263. The molecule has 29 heavy (non-hydrogen) atoms. The zero-order valence-electron chi connectivity index (χ0n) is 15.3. The standard InChI is InChI=1S/C19H17N3O6S/c23-16(20-12-3-4-14-15(10-12)28-8-7-27-14)11-22-18(25)17(24)21(19(22)26)6-5-13-2-1-9-29-13/h1-4,9-10H,5-8,11H2,(H,20,23). The highest BCUT2D eigenvalue weighted by atomic mass is 32.1. The summed E-state index contributed by atoms with van der Waals surface area (Å²) in [7, 11) is 0. The number of amides is 5. The molecule has 4 rings (SSSR count). The molecule has 0 spiro atoms. The van der Waals surface area contributed by atoms with Gasteiger partial charge < -0.3 is 14.8 Å². The molecule has 1 N–H and O–H groups in total. The van der Waals surface area contributed by atoms with Gasteiger partial charge in [0.25, 0.3) is 0 Å². The van der Waals surface area contributed by atoms with Gasteiger partial charge in [-0.1, -0.05) is 6.07 Å². The molecular weight excluding hydrogens is 398 g/mol. The lowest BCUT2D eigenvalue weighted by Gasteiger charge is -2.19. The summed E-state index contributed by atoms with van der Waals surface area (Å²) in [6.45, 7) is 0.400. The Morgan fingerprint density at radius 2 is 1.79 bits per heavy atom. The number of nitrogens with zero attached hydrogens (tertiary/aromatic N) is 2. The molecule has 0 unspecified atom stereocenters. The van der Waals surface area contributed by atoms with Crippen molar-refractivity contribution in [2.24, 2.45) is 0 Å². The third-order valence-corrected chi connectivity index (χ3v) is 5.36. The third-order valence-electron chi connectivity index (χ3n) is 4.42. The number of nitrogens with one attached hydrogen (secondary N) is 1. The minimum Gasteiger partial charge on any atom is -0.486 e. The maximum Gasteiger partial charge on any atom is 0.334 e. The molecule has 150 valence electrons. The van der Waals surface area contributed by atoms with Gasteiger partial charge in [-0.15, -0.1) is 11.3 Å². The molecular formula is C19H17N3O6S. The first-order valence-corrected chi connectivity index (χ1v) is 9.80. The van der Waals surface area contributed by atoms with Gasteiger partial charge in [0.05, 0.1) is 0 Å². The van der Waals surface area contributed by atoms with Crippen molar-refractivity contribution < 1.29 is 28.7 Å². The maximum absolute atomic E-state index is 12.5. The highest BCUT2D eigenvalue weighted by Gasteiger charge is 2.44. The van der Waals surface area contributed by atoms with E-state index in [-0.39, 0.29) is 6.54 Å². The summed E-state index contributed by atoms with van der Waals surface area (Å²) in [5.74, 6) is -1.45. The average molecular weight is 415 g/mol. The molecule has 1 fully saturated rings. The SMILES string of the molecule is O=C(CN1C(=O)C(=O)N(CCc2cccs2)C1=O)Nc1ccc2c(c1)OCCO2. The summed E-state index contributed by atoms with van der Waals surface area (Å²) in [4.78, 5) is 51.6. The number of hydrogen-bond donors (Lipinski definition) is 1. The quantitative estimate of drug-likeness (QED) is 0.566. The minimum atomic E-state index is -1.00. The summed E-state index contributed by atoms with van der Waals surface area (Å²) in [5.41, 5.74) is 0.430. The molecule has 1 aromatic carbocycles. The van der Waals surface area contributed by atoms with Gasteiger partial charge in [0.2, 0.25) is 5.91 Å². The fourth-order valence-electron chi connectivity index (χ4n) is 3.03. The topological polar surface area (TPSA) is 105 Å². The van der Waals surface area contributed by atoms with Crippen molar-refractivity contribution in [3.63, 3.8) is 0 Å². The van der Waals surface area contributed by atoms with E-state index in [1.54, 1.807) is 18.2 Å². The third kappa shape index (κ3) is 3.92. The van der Waals surface area contributed by atoms with Crippen LogP contribution in [0.4, 0.5) is 10.5 Å². The number of fused-ring (bicyclic) bond motifs is 1. The van der Waals surface area contributed by atoms with Crippen LogP contribution in [0.2, 0.25) is 0 Å². The number of ether oxygens (including phenoxy) is 2. The van der Waals surface area contributed by atoms with Crippen molar-refractivity contribution in [1.29, 1.82) is 0 Å². The molecule has 0 saturated carbocycles. The molecule has 9 nitrogen and oxygen atoms in total. The first kappa shape index (κ1) is 18.9. The van der Waals surface area contributed by atoms with Crippen molar-refractivity contribution in [2.75, 3.05) is 31.6 Å². The normalized spacial score (nSPS) is 15.8. The number of rotatable bonds is 6. The molecule has 0 aliphatic carbocycles. The molecule has 1 aromatic heterocycles. The van der Waals surface area contributed by atoms with Crippen LogP contribution in [0, 0.1) is 0 Å². The van der Waals surface area contributed by atoms with E-state index in [0.29, 0.717) is 41.7 Å². The van der Waals surface area contributed by atoms with Crippen LogP contribution in [0.15, 0.2) is 35.7 Å². The van der Waals surface area contributed by atoms with Crippen LogP contribution >= 0.6 is 11.3 Å². The molecule has 2 aliphatic heterocycles. The lowest BCUT2D eigenvalue weighted by molar-refractivity contribution is -0.143. The van der Waals surface area contributed by atoms with E-state index in [1.165, 1.54) is 11.3 Å². The van der Waals surface area contributed by atoms with Crippen LogP contribution in [0.1, 0.15) is 4.88 Å². The van der Waals surface area contributed by atoms with E-state index in [0.717, 1.165) is 9.78 Å². The van der Waals surface area contributed by atoms with Crippen LogP contribution < -0.4 is 14.8 Å². The molecule has 5 amide bonds. The van der Waals surface area contributed by atoms with Gasteiger partial charge in [-0.2, -0.15) is 0 Å². The van der Waals surface area contributed by atoms with Crippen LogP contribution in [0.25, 0.3) is 0 Å². The second kappa shape index (κ2) is 7.92. The summed E-state index contributed by atoms with van der Waals surface area (Å²) in [5, 5.41) is 4.49. The first-order chi connectivity index (χ1) is 14.0. The van der Waals surface area contributed by atoms with E-state index in [2.05, 4.69) is 5.32 Å². The van der Waals surface area contributed by atoms with E-state index < -0.39 is 30.3 Å². The molecule has 2 aliphatic rings. The van der Waals surface area contributed by atoms with Gasteiger partial charge in [-0.25, -0.2) is 9.69 Å². The van der Waals surface area contributed by atoms with E-state index >= 15 is 0 Å². The Hall–Kier alpha value is -3.40. The first-order valence-electron chi connectivity index (χ1n) is 8.92. The maximum atomic E-state index is 12.5. The summed E-state index contributed by atoms with van der Waals surface area (Å²) in [6.07, 6.45) is 0.458. The largest absolute Gasteiger partial charge is 0.486 e. The van der Waals surface area contributed by atoms with Crippen molar-refractivity contribution >= 4 is 40.8 Å². The van der Waals surface area contributed by atoms with E-state index in [1.807, 2.05) is 17.5 Å². The Balaban J connectivity index is 1.38. The lowest BCUT2D eigenvalue weighted by Crippen LogP contribution is -2.39. The van der Waals surface area contributed by atoms with Crippen molar-refractivity contribution in [2.45, 2.75) is 6.42 Å².